The number of carbonyl (C=O) groups is 11. The fourth-order valence-electron chi connectivity index (χ4n) is 2.69. The Morgan fingerprint density at radius 2 is 0.590 bits per heavy atom. The minimum absolute atomic E-state index is 0. The molecule has 83 heavy (non-hydrogen) atoms. The third-order valence-corrected chi connectivity index (χ3v) is 9.56. The molecule has 0 aromatic heterocycles. The Kier molecular flexibility index (Phi) is 91.2. The number of sulfone groups is 1. The fourth-order valence-corrected chi connectivity index (χ4v) is 4.33. The second-order valence-corrected chi connectivity index (χ2v) is 26.6. The Bertz CT molecular complexity index is 2090. The Labute approximate surface area is 520 Å². The van der Waals surface area contributed by atoms with Crippen LogP contribution in [0.25, 0.3) is 0 Å². The second-order valence-electron chi connectivity index (χ2n) is 19.0. The van der Waals surface area contributed by atoms with Gasteiger partial charge in [-0.2, -0.15) is 0 Å². The van der Waals surface area contributed by atoms with Crippen LogP contribution in [0.2, 0.25) is 0 Å². The van der Waals surface area contributed by atoms with Crippen LogP contribution < -0.4 is 30.7 Å². The standard InChI is InChI=1S/C8H16.C7H12O2.C6H12O.C4H7NO2.C4H7NOS.C4H6O2.C3H7NO3S.C3H7NO2S2.C3H7NO.C3H7NS.C3H6O.C2H6O2S.4CH4/c1-7-3-5-8(2)6-4-7;1-5(8)7(3,4)6(2)9;1-5(7)6(2,3)4;2*1-3(6)5-4(2)7;1-3(5)4(2)6;1-3(5)4-8(2,6)7;1-3(7)4-8(2,5)6;2*1-3(5)4-2;1-3(2)4;1-5(2,3)4;;;;/h7-8H,3-6H2,1-2H3;1-4H3;1-4H3;2*1-2H3,(H,5,6,7);1-2H3;1-2H3,(H,4,5);1-2H3,(H,4,7);2*1-2H3,(H,4,5);1-2H3;1-2H3;4*1H4. The Morgan fingerprint density at radius 3 is 0.614 bits per heavy atom. The van der Waals surface area contributed by atoms with E-state index in [9.17, 15) is 78.0 Å². The molecule has 29 heteroatoms. The molecule has 6 N–H and O–H groups in total. The van der Waals surface area contributed by atoms with Crippen molar-refractivity contribution in [2.75, 3.05) is 39.1 Å². The molecule has 0 aromatic rings. The van der Waals surface area contributed by atoms with Crippen LogP contribution in [0.4, 0.5) is 0 Å². The molecule has 1 fully saturated rings. The van der Waals surface area contributed by atoms with Crippen molar-refractivity contribution in [1.29, 1.82) is 0 Å². The van der Waals surface area contributed by atoms with Crippen molar-refractivity contribution in [1.82, 2.24) is 30.7 Å². The maximum Gasteiger partial charge on any atom is 0.231 e. The van der Waals surface area contributed by atoms with Crippen LogP contribution in [0.5, 0.6) is 0 Å². The molecule has 0 aromatic carbocycles. The third kappa shape index (κ3) is 180. The maximum atomic E-state index is 10.7. The molecule has 500 valence electrons. The highest BCUT2D eigenvalue weighted by molar-refractivity contribution is 7.91. The van der Waals surface area contributed by atoms with E-state index in [4.69, 9.17) is 0 Å². The molecular weight excluding hydrogens is 1200 g/mol. The smallest absolute Gasteiger partial charge is 0.231 e. The van der Waals surface area contributed by atoms with Gasteiger partial charge in [0, 0.05) is 80.5 Å². The van der Waals surface area contributed by atoms with Gasteiger partial charge in [0.15, 0.2) is 11.6 Å². The number of hydrogen-bond donors (Lipinski definition) is 6. The van der Waals surface area contributed by atoms with E-state index in [0.29, 0.717) is 4.99 Å². The van der Waals surface area contributed by atoms with Crippen LogP contribution in [0.1, 0.15) is 208 Å². The quantitative estimate of drug-likeness (QED) is 0.0861. The van der Waals surface area contributed by atoms with Crippen molar-refractivity contribution in [2.24, 2.45) is 22.7 Å². The molecule has 0 radical (unpaired) electrons. The fraction of sp³-hybridized carbons (Fsp3) is 0.741. The first-order chi connectivity index (χ1) is 34.6. The largest absolute Gasteiger partial charge is 0.383 e. The molecule has 1 rings (SSSR count). The summed E-state index contributed by atoms with van der Waals surface area (Å²) in [5.41, 5.74) is -0.917. The van der Waals surface area contributed by atoms with Crippen molar-refractivity contribution < 1.29 is 78.0 Å². The second kappa shape index (κ2) is 64.8. The van der Waals surface area contributed by atoms with Gasteiger partial charge >= 0.3 is 0 Å². The van der Waals surface area contributed by atoms with Gasteiger partial charge in [0.1, 0.15) is 33.0 Å². The summed E-state index contributed by atoms with van der Waals surface area (Å²) < 4.78 is 63.8. The zero-order chi connectivity index (χ0) is 66.8. The van der Waals surface area contributed by atoms with E-state index in [2.05, 4.69) is 71.2 Å². The van der Waals surface area contributed by atoms with Crippen molar-refractivity contribution in [3.05, 3.63) is 0 Å². The van der Waals surface area contributed by atoms with Gasteiger partial charge in [0.05, 0.1) is 32.9 Å². The summed E-state index contributed by atoms with van der Waals surface area (Å²) in [6.45, 7) is 35.4. The zero-order valence-corrected chi connectivity index (χ0v) is 57.3. The summed E-state index contributed by atoms with van der Waals surface area (Å²) in [4.78, 5) is 112. The summed E-state index contributed by atoms with van der Waals surface area (Å²) in [7, 11) is -5.70. The summed E-state index contributed by atoms with van der Waals surface area (Å²) in [6, 6.07) is 0. The normalized spacial score (nSPS) is 11.8. The zero-order valence-electron chi connectivity index (χ0n) is 52.4. The van der Waals surface area contributed by atoms with Crippen LogP contribution in [0.15, 0.2) is 0 Å². The molecule has 0 aliphatic heterocycles. The SMILES string of the molecule is C.C.C.C.CC(=O)C(C)(C)C.CC(=O)C(C)(C)C(C)=O.CC(=O)C(C)=O.CC(=O)NC(C)=O.CC(=O)NC(C)=S.CC(=O)NS(C)(=O)=O.CC(=S)NS(C)(=O)=O.CC(C)=O.CC1CCC(C)CC1.CNC(C)=O.CNC(C)=S.CS(C)(=O)=O. The number of amides is 5. The number of rotatable bonds is 5. The maximum absolute atomic E-state index is 10.7. The highest BCUT2D eigenvalue weighted by Crippen LogP contribution is 2.27. The molecule has 1 aliphatic rings. The topological polar surface area (TPSA) is 362 Å². The van der Waals surface area contributed by atoms with Crippen molar-refractivity contribution in [3.63, 3.8) is 0 Å². The lowest BCUT2D eigenvalue weighted by atomic mass is 9.84. The van der Waals surface area contributed by atoms with Gasteiger partial charge in [-0.3, -0.25) is 62.7 Å². The molecule has 23 nitrogen and oxygen atoms in total. The highest BCUT2D eigenvalue weighted by atomic mass is 32.2. The number of thiocarbonyl (C=S) groups is 3. The van der Waals surface area contributed by atoms with Gasteiger partial charge in [-0.1, -0.05) is 127 Å². The number of Topliss-reactive ketones (excluding diaryl/α,β-unsaturated/α-hetero) is 6. The minimum atomic E-state index is -3.32. The van der Waals surface area contributed by atoms with Crippen LogP contribution >= 0.6 is 36.7 Å². The van der Waals surface area contributed by atoms with E-state index in [1.54, 1.807) is 39.5 Å². The molecule has 5 amide bonds. The molecule has 0 atom stereocenters. The van der Waals surface area contributed by atoms with Gasteiger partial charge in [-0.05, 0) is 81.1 Å². The molecule has 0 unspecified atom stereocenters. The predicted octanol–water partition coefficient (Wildman–Crippen LogP) is 8.02. The Morgan fingerprint density at radius 1 is 0.386 bits per heavy atom. The van der Waals surface area contributed by atoms with Crippen LogP contribution in [0.3, 0.4) is 0 Å². The van der Waals surface area contributed by atoms with Gasteiger partial charge < -0.3 is 20.7 Å². The number of nitrogens with one attached hydrogen (secondary N) is 6. The average Bonchev–Trinajstić information content (AvgIpc) is 3.17. The predicted molar refractivity (Wildman–Crippen MR) is 356 cm³/mol. The van der Waals surface area contributed by atoms with E-state index in [1.165, 1.54) is 102 Å². The first-order valence-corrected chi connectivity index (χ1v) is 31.0. The van der Waals surface area contributed by atoms with Crippen LogP contribution in [-0.4, -0.2) is 144 Å². The van der Waals surface area contributed by atoms with E-state index in [1.807, 2.05) is 40.1 Å². The van der Waals surface area contributed by atoms with E-state index in [-0.39, 0.29) is 98.4 Å². The Balaban J connectivity index is -0.0000000468. The van der Waals surface area contributed by atoms with E-state index < -0.39 is 41.2 Å². The number of imide groups is 1. The first-order valence-electron chi connectivity index (χ1n) is 23.7. The van der Waals surface area contributed by atoms with Crippen molar-refractivity contribution >= 4 is 146 Å². The number of carbonyl (C=O) groups excluding carboxylic acids is 11. The lowest BCUT2D eigenvalue weighted by molar-refractivity contribution is -0.136. The van der Waals surface area contributed by atoms with Gasteiger partial charge in [0.25, 0.3) is 0 Å². The molecule has 1 aliphatic carbocycles. The third-order valence-electron chi connectivity index (χ3n) is 7.68. The van der Waals surface area contributed by atoms with Gasteiger partial charge in [-0.15, -0.1) is 0 Å². The molecule has 0 spiro atoms. The van der Waals surface area contributed by atoms with E-state index in [0.717, 1.165) is 48.8 Å². The van der Waals surface area contributed by atoms with Crippen LogP contribution in [-0.2, 0) is 82.6 Å². The monoisotopic (exact) mass is 1310 g/mol. The summed E-state index contributed by atoms with van der Waals surface area (Å²) in [5.74, 6) is 0.255. The first kappa shape index (κ1) is 117. The molecular formula is C54H116N6O17S6. The summed E-state index contributed by atoms with van der Waals surface area (Å²) in [6.07, 6.45) is 10.2. The van der Waals surface area contributed by atoms with Gasteiger partial charge in [-0.25, -0.2) is 25.3 Å². The molecule has 1 saturated carbocycles. The van der Waals surface area contributed by atoms with Crippen molar-refractivity contribution in [2.45, 2.75) is 208 Å². The van der Waals surface area contributed by atoms with Crippen LogP contribution in [0, 0.1) is 22.7 Å². The van der Waals surface area contributed by atoms with Crippen molar-refractivity contribution in [3.8, 4) is 0 Å². The Hall–Kier alpha value is -4.71. The molecule has 0 saturated heterocycles. The number of ketones is 6. The number of hydrogen-bond acceptors (Lipinski definition) is 20. The lowest BCUT2D eigenvalue weighted by Crippen LogP contribution is -2.29. The molecule has 0 bridgehead atoms. The number of sulfonamides is 2. The summed E-state index contributed by atoms with van der Waals surface area (Å²) in [5, 5.41) is 9.57. The average molecular weight is 1310 g/mol. The summed E-state index contributed by atoms with van der Waals surface area (Å²) >= 11 is 13.6. The lowest BCUT2D eigenvalue weighted by Gasteiger charge is -2.22. The minimum Gasteiger partial charge on any atom is -0.383 e. The highest BCUT2D eigenvalue weighted by Gasteiger charge is 2.28. The van der Waals surface area contributed by atoms with Gasteiger partial charge in [0.2, 0.25) is 49.6 Å². The van der Waals surface area contributed by atoms with E-state index >= 15 is 0 Å². The molecule has 0 heterocycles.